The predicted octanol–water partition coefficient (Wildman–Crippen LogP) is 3.10. The van der Waals surface area contributed by atoms with Gasteiger partial charge in [-0.05, 0) is 38.2 Å². The van der Waals surface area contributed by atoms with Gasteiger partial charge in [0, 0.05) is 24.2 Å². The lowest BCUT2D eigenvalue weighted by atomic mass is 10.00. The zero-order valence-electron chi connectivity index (χ0n) is 12.7. The molecule has 0 amide bonds. The molecule has 1 aromatic rings. The summed E-state index contributed by atoms with van der Waals surface area (Å²) >= 11 is 0. The SMILES string of the molecule is Cc1ccc(C(C)NCC(O)C2CCCC2)cc1[N+](=O)[O-]. The standard InChI is InChI=1S/C16H24N2O3/c1-11-7-8-14(9-15(11)18(20)21)12(2)17-10-16(19)13-5-3-4-6-13/h7-9,12-13,16-17,19H,3-6,10H2,1-2H3. The van der Waals surface area contributed by atoms with Gasteiger partial charge in [-0.2, -0.15) is 0 Å². The zero-order chi connectivity index (χ0) is 15.4. The Balaban J connectivity index is 1.95. The number of nitrogens with one attached hydrogen (secondary N) is 1. The fourth-order valence-corrected chi connectivity index (χ4v) is 3.02. The summed E-state index contributed by atoms with van der Waals surface area (Å²) in [5.41, 5.74) is 1.70. The highest BCUT2D eigenvalue weighted by Gasteiger charge is 2.23. The fourth-order valence-electron chi connectivity index (χ4n) is 3.02. The molecule has 0 bridgehead atoms. The van der Waals surface area contributed by atoms with Crippen molar-refractivity contribution in [3.05, 3.63) is 39.4 Å². The van der Waals surface area contributed by atoms with Crippen molar-refractivity contribution in [1.29, 1.82) is 0 Å². The molecule has 2 atom stereocenters. The van der Waals surface area contributed by atoms with Gasteiger partial charge in [-0.1, -0.05) is 25.0 Å². The van der Waals surface area contributed by atoms with Crippen molar-refractivity contribution in [3.63, 3.8) is 0 Å². The Kier molecular flexibility index (Phi) is 5.31. The Morgan fingerprint density at radius 1 is 1.43 bits per heavy atom. The molecular weight excluding hydrogens is 268 g/mol. The minimum atomic E-state index is -0.348. The van der Waals surface area contributed by atoms with E-state index in [4.69, 9.17) is 0 Å². The number of aryl methyl sites for hydroxylation is 1. The Bertz CT molecular complexity index is 498. The van der Waals surface area contributed by atoms with E-state index >= 15 is 0 Å². The summed E-state index contributed by atoms with van der Waals surface area (Å²) in [7, 11) is 0. The number of aliphatic hydroxyl groups is 1. The smallest absolute Gasteiger partial charge is 0.272 e. The Labute approximate surface area is 125 Å². The Morgan fingerprint density at radius 2 is 2.10 bits per heavy atom. The average molecular weight is 292 g/mol. The molecule has 0 heterocycles. The third kappa shape index (κ3) is 4.02. The largest absolute Gasteiger partial charge is 0.392 e. The van der Waals surface area contributed by atoms with Crippen LogP contribution in [0.15, 0.2) is 18.2 Å². The van der Waals surface area contributed by atoms with Gasteiger partial charge in [0.15, 0.2) is 0 Å². The topological polar surface area (TPSA) is 75.4 Å². The van der Waals surface area contributed by atoms with E-state index in [1.54, 1.807) is 19.1 Å². The lowest BCUT2D eigenvalue weighted by Crippen LogP contribution is -2.33. The van der Waals surface area contributed by atoms with Gasteiger partial charge >= 0.3 is 0 Å². The molecule has 0 saturated heterocycles. The molecule has 0 spiro atoms. The van der Waals surface area contributed by atoms with E-state index < -0.39 is 0 Å². The molecule has 1 aromatic carbocycles. The van der Waals surface area contributed by atoms with Crippen LogP contribution >= 0.6 is 0 Å². The number of nitro groups is 1. The monoisotopic (exact) mass is 292 g/mol. The third-order valence-corrected chi connectivity index (χ3v) is 4.51. The van der Waals surface area contributed by atoms with Crippen LogP contribution in [-0.2, 0) is 0 Å². The molecule has 0 aromatic heterocycles. The Hall–Kier alpha value is -1.46. The maximum Gasteiger partial charge on any atom is 0.272 e. The molecule has 1 aliphatic rings. The lowest BCUT2D eigenvalue weighted by molar-refractivity contribution is -0.385. The van der Waals surface area contributed by atoms with Crippen LogP contribution in [0.1, 0.15) is 49.8 Å². The number of nitro benzene ring substituents is 1. The van der Waals surface area contributed by atoms with Crippen LogP contribution in [0.5, 0.6) is 0 Å². The van der Waals surface area contributed by atoms with Crippen molar-refractivity contribution in [1.82, 2.24) is 5.32 Å². The van der Waals surface area contributed by atoms with E-state index in [1.165, 1.54) is 12.8 Å². The number of aliphatic hydroxyl groups excluding tert-OH is 1. The number of rotatable bonds is 6. The summed E-state index contributed by atoms with van der Waals surface area (Å²) in [5, 5.41) is 24.4. The number of hydrogen-bond donors (Lipinski definition) is 2. The first kappa shape index (κ1) is 15.9. The van der Waals surface area contributed by atoms with Crippen molar-refractivity contribution >= 4 is 5.69 Å². The van der Waals surface area contributed by atoms with Crippen molar-refractivity contribution in [3.8, 4) is 0 Å². The molecule has 5 nitrogen and oxygen atoms in total. The van der Waals surface area contributed by atoms with Crippen LogP contribution in [-0.4, -0.2) is 22.7 Å². The summed E-state index contributed by atoms with van der Waals surface area (Å²) in [5.74, 6) is 0.400. The predicted molar refractivity (Wildman–Crippen MR) is 82.2 cm³/mol. The molecule has 5 heteroatoms. The molecule has 1 aliphatic carbocycles. The van der Waals surface area contributed by atoms with E-state index in [9.17, 15) is 15.2 Å². The maximum atomic E-state index is 11.0. The first-order valence-corrected chi connectivity index (χ1v) is 7.65. The van der Waals surface area contributed by atoms with Crippen molar-refractivity contribution in [2.45, 2.75) is 51.7 Å². The van der Waals surface area contributed by atoms with Crippen LogP contribution in [0.4, 0.5) is 5.69 Å². The summed E-state index contributed by atoms with van der Waals surface area (Å²) < 4.78 is 0. The van der Waals surface area contributed by atoms with Gasteiger partial charge in [0.1, 0.15) is 0 Å². The Morgan fingerprint density at radius 3 is 2.71 bits per heavy atom. The van der Waals surface area contributed by atoms with Gasteiger partial charge in [-0.3, -0.25) is 10.1 Å². The van der Waals surface area contributed by atoms with E-state index in [1.807, 2.05) is 13.0 Å². The quantitative estimate of drug-likeness (QED) is 0.624. The van der Waals surface area contributed by atoms with Gasteiger partial charge in [0.2, 0.25) is 0 Å². The van der Waals surface area contributed by atoms with Crippen molar-refractivity contribution in [2.75, 3.05) is 6.54 Å². The van der Waals surface area contributed by atoms with E-state index in [-0.39, 0.29) is 22.8 Å². The molecule has 0 aliphatic heterocycles. The number of benzene rings is 1. The molecule has 2 rings (SSSR count). The highest BCUT2D eigenvalue weighted by molar-refractivity contribution is 5.43. The van der Waals surface area contributed by atoms with Crippen LogP contribution in [0.25, 0.3) is 0 Å². The van der Waals surface area contributed by atoms with Crippen molar-refractivity contribution < 1.29 is 10.0 Å². The minimum Gasteiger partial charge on any atom is -0.392 e. The number of hydrogen-bond acceptors (Lipinski definition) is 4. The van der Waals surface area contributed by atoms with Crippen molar-refractivity contribution in [2.24, 2.45) is 5.92 Å². The lowest BCUT2D eigenvalue weighted by Gasteiger charge is -2.21. The van der Waals surface area contributed by atoms with Crippen LogP contribution < -0.4 is 5.32 Å². The normalized spacial score (nSPS) is 18.6. The minimum absolute atomic E-state index is 0.0136. The molecule has 21 heavy (non-hydrogen) atoms. The molecule has 2 unspecified atom stereocenters. The molecule has 1 fully saturated rings. The molecule has 0 radical (unpaired) electrons. The van der Waals surface area contributed by atoms with E-state index in [0.29, 0.717) is 18.0 Å². The fraction of sp³-hybridized carbons (Fsp3) is 0.625. The number of nitrogens with zero attached hydrogens (tertiary/aromatic N) is 1. The highest BCUT2D eigenvalue weighted by atomic mass is 16.6. The van der Waals surface area contributed by atoms with Gasteiger partial charge in [0.05, 0.1) is 11.0 Å². The zero-order valence-corrected chi connectivity index (χ0v) is 12.7. The van der Waals surface area contributed by atoms with Crippen LogP contribution in [0, 0.1) is 23.0 Å². The molecule has 2 N–H and O–H groups in total. The molecular formula is C16H24N2O3. The highest BCUT2D eigenvalue weighted by Crippen LogP contribution is 2.28. The summed E-state index contributed by atoms with van der Waals surface area (Å²) in [6.07, 6.45) is 4.30. The van der Waals surface area contributed by atoms with Crippen LogP contribution in [0.2, 0.25) is 0 Å². The summed E-state index contributed by atoms with van der Waals surface area (Å²) in [6.45, 7) is 4.24. The second-order valence-electron chi connectivity index (χ2n) is 6.04. The van der Waals surface area contributed by atoms with Gasteiger partial charge < -0.3 is 10.4 Å². The van der Waals surface area contributed by atoms with Gasteiger partial charge in [0.25, 0.3) is 5.69 Å². The average Bonchev–Trinajstić information content (AvgIpc) is 2.98. The van der Waals surface area contributed by atoms with Crippen LogP contribution in [0.3, 0.4) is 0 Å². The second kappa shape index (κ2) is 7.00. The molecule has 116 valence electrons. The van der Waals surface area contributed by atoms with E-state index in [2.05, 4.69) is 5.32 Å². The van der Waals surface area contributed by atoms with E-state index in [0.717, 1.165) is 18.4 Å². The second-order valence-corrected chi connectivity index (χ2v) is 6.04. The third-order valence-electron chi connectivity index (χ3n) is 4.51. The first-order valence-electron chi connectivity index (χ1n) is 7.65. The van der Waals surface area contributed by atoms with Gasteiger partial charge in [-0.15, -0.1) is 0 Å². The maximum absolute atomic E-state index is 11.0. The summed E-state index contributed by atoms with van der Waals surface area (Å²) in [4.78, 5) is 10.6. The molecule has 1 saturated carbocycles. The first-order chi connectivity index (χ1) is 9.99. The summed E-state index contributed by atoms with van der Waals surface area (Å²) in [6, 6.07) is 5.29. The van der Waals surface area contributed by atoms with Gasteiger partial charge in [-0.25, -0.2) is 0 Å².